The number of urea groups is 1. The fourth-order valence-corrected chi connectivity index (χ4v) is 2.46. The van der Waals surface area contributed by atoms with E-state index in [4.69, 9.17) is 4.74 Å². The Morgan fingerprint density at radius 1 is 1.12 bits per heavy atom. The minimum absolute atomic E-state index is 0.0723. The molecular weight excluding hydrogens is 306 g/mol. The highest BCUT2D eigenvalue weighted by Gasteiger charge is 2.18. The van der Waals surface area contributed by atoms with Crippen molar-refractivity contribution in [2.45, 2.75) is 45.9 Å². The number of nitrogens with zero attached hydrogens (tertiary/aromatic N) is 3. The first kappa shape index (κ1) is 17.8. The Bertz CT molecular complexity index is 683. The molecule has 0 radical (unpaired) electrons. The lowest BCUT2D eigenvalue weighted by molar-refractivity contribution is 0.230. The van der Waals surface area contributed by atoms with Gasteiger partial charge in [-0.05, 0) is 33.8 Å². The van der Waals surface area contributed by atoms with Gasteiger partial charge in [-0.2, -0.15) is 0 Å². The maximum Gasteiger partial charge on any atom is 0.315 e. The topological polar surface area (TPSA) is 81.1 Å². The van der Waals surface area contributed by atoms with E-state index in [1.165, 1.54) is 0 Å². The molecule has 1 heterocycles. The number of ether oxygens (including phenoxy) is 1. The van der Waals surface area contributed by atoms with Crippen LogP contribution in [0.15, 0.2) is 30.6 Å². The number of amides is 2. The summed E-state index contributed by atoms with van der Waals surface area (Å²) in [4.78, 5) is 12.3. The van der Waals surface area contributed by atoms with Gasteiger partial charge in [-0.15, -0.1) is 10.2 Å². The molecule has 2 rings (SSSR count). The second-order valence-corrected chi connectivity index (χ2v) is 6.07. The Morgan fingerprint density at radius 2 is 1.79 bits per heavy atom. The van der Waals surface area contributed by atoms with Crippen LogP contribution in [0, 0.1) is 0 Å². The number of hydrogen-bond acceptors (Lipinski definition) is 4. The number of para-hydroxylation sites is 1. The average molecular weight is 331 g/mol. The lowest BCUT2D eigenvalue weighted by Crippen LogP contribution is -2.39. The number of aromatic nitrogens is 3. The van der Waals surface area contributed by atoms with Gasteiger partial charge in [0.25, 0.3) is 0 Å². The summed E-state index contributed by atoms with van der Waals surface area (Å²) in [5, 5.41) is 13.6. The number of aryl methyl sites for hydroxylation is 1. The third kappa shape index (κ3) is 4.47. The molecule has 1 aromatic carbocycles. The van der Waals surface area contributed by atoms with E-state index in [1.54, 1.807) is 10.9 Å². The maximum atomic E-state index is 12.3. The summed E-state index contributed by atoms with van der Waals surface area (Å²) in [6.07, 6.45) is 1.68. The summed E-state index contributed by atoms with van der Waals surface area (Å²) < 4.78 is 7.59. The van der Waals surface area contributed by atoms with Crippen molar-refractivity contribution in [1.82, 2.24) is 25.4 Å². The lowest BCUT2D eigenvalue weighted by atomic mass is 10.1. The molecule has 2 N–H and O–H groups in total. The zero-order chi connectivity index (χ0) is 17.7. The maximum absolute atomic E-state index is 12.3. The van der Waals surface area contributed by atoms with Crippen molar-refractivity contribution >= 4 is 6.03 Å². The van der Waals surface area contributed by atoms with E-state index in [9.17, 15) is 4.79 Å². The molecule has 7 heteroatoms. The highest BCUT2D eigenvalue weighted by atomic mass is 16.5. The largest absolute Gasteiger partial charge is 0.491 e. The van der Waals surface area contributed by atoms with Crippen LogP contribution in [0.25, 0.3) is 0 Å². The molecule has 0 spiro atoms. The molecule has 0 aliphatic heterocycles. The Kier molecular flexibility index (Phi) is 5.78. The van der Waals surface area contributed by atoms with Gasteiger partial charge in [0.15, 0.2) is 5.82 Å². The van der Waals surface area contributed by atoms with Gasteiger partial charge in [0.05, 0.1) is 18.2 Å². The monoisotopic (exact) mass is 331 g/mol. The molecule has 0 fully saturated rings. The third-order valence-corrected chi connectivity index (χ3v) is 3.58. The van der Waals surface area contributed by atoms with Gasteiger partial charge in [0.1, 0.15) is 12.1 Å². The summed E-state index contributed by atoms with van der Waals surface area (Å²) in [6, 6.07) is 7.02. The molecule has 2 amide bonds. The molecule has 2 aromatic rings. The van der Waals surface area contributed by atoms with Crippen molar-refractivity contribution in [1.29, 1.82) is 0 Å². The van der Waals surface area contributed by atoms with Gasteiger partial charge < -0.3 is 19.9 Å². The number of rotatable bonds is 6. The van der Waals surface area contributed by atoms with Crippen LogP contribution in [0.1, 0.15) is 51.2 Å². The molecule has 0 aliphatic rings. The number of carbonyl (C=O) groups is 1. The standard InChI is InChI=1S/C17H25N5O2/c1-11(2)24-15-9-7-6-8-14(15)12(3)19-17(23)20-13(4)16-21-18-10-22(16)5/h6-13H,1-5H3,(H2,19,20,23)/t12-,13-/m1/s1. The van der Waals surface area contributed by atoms with Gasteiger partial charge in [0.2, 0.25) is 0 Å². The quantitative estimate of drug-likeness (QED) is 0.853. The minimum Gasteiger partial charge on any atom is -0.491 e. The van der Waals surface area contributed by atoms with Gasteiger partial charge in [-0.25, -0.2) is 4.79 Å². The molecular formula is C17H25N5O2. The number of benzene rings is 1. The van der Waals surface area contributed by atoms with Crippen LogP contribution < -0.4 is 15.4 Å². The van der Waals surface area contributed by atoms with E-state index in [0.29, 0.717) is 5.82 Å². The van der Waals surface area contributed by atoms with E-state index < -0.39 is 0 Å². The number of hydrogen-bond donors (Lipinski definition) is 2. The molecule has 2 atom stereocenters. The molecule has 0 saturated heterocycles. The van der Waals surface area contributed by atoms with E-state index in [-0.39, 0.29) is 24.2 Å². The van der Waals surface area contributed by atoms with Gasteiger partial charge in [-0.1, -0.05) is 18.2 Å². The van der Waals surface area contributed by atoms with E-state index >= 15 is 0 Å². The van der Waals surface area contributed by atoms with Crippen LogP contribution >= 0.6 is 0 Å². The smallest absolute Gasteiger partial charge is 0.315 e. The summed E-state index contributed by atoms with van der Waals surface area (Å²) >= 11 is 0. The second kappa shape index (κ2) is 7.81. The van der Waals surface area contributed by atoms with Crippen LogP contribution in [0.3, 0.4) is 0 Å². The highest BCUT2D eigenvalue weighted by Crippen LogP contribution is 2.25. The van der Waals surface area contributed by atoms with Crippen molar-refractivity contribution < 1.29 is 9.53 Å². The lowest BCUT2D eigenvalue weighted by Gasteiger charge is -2.21. The minimum atomic E-state index is -0.266. The molecule has 0 saturated carbocycles. The van der Waals surface area contributed by atoms with Crippen molar-refractivity contribution in [2.75, 3.05) is 0 Å². The highest BCUT2D eigenvalue weighted by molar-refractivity contribution is 5.75. The van der Waals surface area contributed by atoms with E-state index in [1.807, 2.05) is 59.0 Å². The van der Waals surface area contributed by atoms with Crippen molar-refractivity contribution in [3.05, 3.63) is 42.0 Å². The van der Waals surface area contributed by atoms with Crippen molar-refractivity contribution in [3.8, 4) is 5.75 Å². The predicted octanol–water partition coefficient (Wildman–Crippen LogP) is 2.72. The Labute approximate surface area is 142 Å². The molecule has 0 aliphatic carbocycles. The molecule has 1 aromatic heterocycles. The first-order valence-corrected chi connectivity index (χ1v) is 8.05. The molecule has 130 valence electrons. The fraction of sp³-hybridized carbons (Fsp3) is 0.471. The predicted molar refractivity (Wildman–Crippen MR) is 91.7 cm³/mol. The van der Waals surface area contributed by atoms with Gasteiger partial charge in [0, 0.05) is 12.6 Å². The third-order valence-electron chi connectivity index (χ3n) is 3.58. The van der Waals surface area contributed by atoms with Gasteiger partial charge in [-0.3, -0.25) is 0 Å². The van der Waals surface area contributed by atoms with Crippen LogP contribution in [0.2, 0.25) is 0 Å². The number of nitrogens with one attached hydrogen (secondary N) is 2. The van der Waals surface area contributed by atoms with Gasteiger partial charge >= 0.3 is 6.03 Å². The molecule has 0 unspecified atom stereocenters. The van der Waals surface area contributed by atoms with Crippen molar-refractivity contribution in [2.24, 2.45) is 7.05 Å². The first-order chi connectivity index (χ1) is 11.4. The van der Waals surface area contributed by atoms with Crippen LogP contribution in [-0.2, 0) is 7.05 Å². The SMILES string of the molecule is CC(C)Oc1ccccc1[C@@H](C)NC(=O)N[C@H](C)c1nncn1C. The second-order valence-electron chi connectivity index (χ2n) is 6.07. The van der Waals surface area contributed by atoms with Crippen LogP contribution in [-0.4, -0.2) is 26.9 Å². The molecule has 7 nitrogen and oxygen atoms in total. The molecule has 0 bridgehead atoms. The Morgan fingerprint density at radius 3 is 2.42 bits per heavy atom. The zero-order valence-corrected chi connectivity index (χ0v) is 14.8. The van der Waals surface area contributed by atoms with Crippen molar-refractivity contribution in [3.63, 3.8) is 0 Å². The average Bonchev–Trinajstić information content (AvgIpc) is 2.93. The fourth-order valence-electron chi connectivity index (χ4n) is 2.46. The summed E-state index contributed by atoms with van der Waals surface area (Å²) in [7, 11) is 1.84. The summed E-state index contributed by atoms with van der Waals surface area (Å²) in [5.74, 6) is 1.47. The van der Waals surface area contributed by atoms with Crippen LogP contribution in [0.4, 0.5) is 4.79 Å². The van der Waals surface area contributed by atoms with E-state index in [2.05, 4.69) is 20.8 Å². The van der Waals surface area contributed by atoms with E-state index in [0.717, 1.165) is 11.3 Å². The number of carbonyl (C=O) groups excluding carboxylic acids is 1. The molecule has 24 heavy (non-hydrogen) atoms. The Hall–Kier alpha value is -2.57. The zero-order valence-electron chi connectivity index (χ0n) is 14.8. The summed E-state index contributed by atoms with van der Waals surface area (Å²) in [5.41, 5.74) is 0.938. The normalized spacial score (nSPS) is 13.4. The first-order valence-electron chi connectivity index (χ1n) is 8.05. The Balaban J connectivity index is 2.00. The van der Waals surface area contributed by atoms with Crippen LogP contribution in [0.5, 0.6) is 5.75 Å². The summed E-state index contributed by atoms with van der Waals surface area (Å²) in [6.45, 7) is 7.74.